The summed E-state index contributed by atoms with van der Waals surface area (Å²) < 4.78 is 40.5. The van der Waals surface area contributed by atoms with E-state index >= 15 is 0 Å². The first-order valence-corrected chi connectivity index (χ1v) is 11.5. The van der Waals surface area contributed by atoms with Gasteiger partial charge in [0, 0.05) is 12.0 Å². The predicted molar refractivity (Wildman–Crippen MR) is 114 cm³/mol. The van der Waals surface area contributed by atoms with Crippen molar-refractivity contribution in [1.29, 1.82) is 0 Å². The number of esters is 2. The fourth-order valence-electron chi connectivity index (χ4n) is 2.73. The maximum Gasteiger partial charge on any atom is 0.365 e. The van der Waals surface area contributed by atoms with E-state index in [0.29, 0.717) is 5.56 Å². The molecule has 0 spiro atoms. The normalized spacial score (nSPS) is 15.9. The second kappa shape index (κ2) is 10.3. The van der Waals surface area contributed by atoms with Crippen LogP contribution in [-0.2, 0) is 35.4 Å². The molecule has 0 bridgehead atoms. The number of carbonyl (C=O) groups excluding carboxylic acids is 3. The molecular weight excluding hydrogens is 443 g/mol. The Kier molecular flexibility index (Phi) is 8.26. The Morgan fingerprint density at radius 3 is 2.56 bits per heavy atom. The molecule has 0 aromatic heterocycles. The van der Waals surface area contributed by atoms with Crippen LogP contribution in [-0.4, -0.2) is 63.9 Å². The average Bonchev–Trinajstić information content (AvgIpc) is 2.71. The highest BCUT2D eigenvalue weighted by Gasteiger charge is 2.36. The van der Waals surface area contributed by atoms with E-state index in [1.807, 2.05) is 0 Å². The van der Waals surface area contributed by atoms with E-state index in [1.165, 1.54) is 19.2 Å². The second-order valence-corrected chi connectivity index (χ2v) is 10.2. The van der Waals surface area contributed by atoms with Gasteiger partial charge in [0.25, 0.3) is 0 Å². The highest BCUT2D eigenvalue weighted by molar-refractivity contribution is 7.89. The lowest BCUT2D eigenvalue weighted by atomic mass is 9.59. The molecule has 1 atom stereocenters. The molecule has 3 N–H and O–H groups in total. The minimum atomic E-state index is -3.55. The van der Waals surface area contributed by atoms with Crippen molar-refractivity contribution in [2.75, 3.05) is 19.6 Å². The third kappa shape index (κ3) is 6.94. The van der Waals surface area contributed by atoms with E-state index in [9.17, 15) is 27.8 Å². The van der Waals surface area contributed by atoms with E-state index in [2.05, 4.69) is 10.0 Å². The van der Waals surface area contributed by atoms with Crippen molar-refractivity contribution in [1.82, 2.24) is 10.0 Å². The van der Waals surface area contributed by atoms with Gasteiger partial charge in [0.05, 0.1) is 16.7 Å². The van der Waals surface area contributed by atoms with Crippen LogP contribution in [0, 0.1) is 5.41 Å². The molecule has 0 saturated carbocycles. The lowest BCUT2D eigenvalue weighted by Gasteiger charge is -2.29. The summed E-state index contributed by atoms with van der Waals surface area (Å²) in [4.78, 5) is 36.2. The molecule has 0 saturated heterocycles. The van der Waals surface area contributed by atoms with Gasteiger partial charge in [-0.15, -0.1) is 0 Å². The molecular formula is C19H27BN2O9S. The second-order valence-electron chi connectivity index (χ2n) is 8.16. The van der Waals surface area contributed by atoms with Crippen LogP contribution in [0.15, 0.2) is 18.2 Å². The smallest absolute Gasteiger partial charge is 0.365 e. The fraction of sp³-hybridized carbons (Fsp3) is 0.526. The highest BCUT2D eigenvalue weighted by atomic mass is 32.2. The molecule has 0 unspecified atom stereocenters. The highest BCUT2D eigenvalue weighted by Crippen LogP contribution is 2.29. The molecule has 176 valence electrons. The van der Waals surface area contributed by atoms with Gasteiger partial charge in [-0.25, -0.2) is 17.9 Å². The van der Waals surface area contributed by atoms with Crippen LogP contribution in [0.4, 0.5) is 0 Å². The predicted octanol–water partition coefficient (Wildman–Crippen LogP) is -0.231. The molecule has 1 aromatic carbocycles. The summed E-state index contributed by atoms with van der Waals surface area (Å²) in [5.74, 6) is -2.07. The quantitative estimate of drug-likeness (QED) is 0.265. The molecule has 1 aromatic rings. The summed E-state index contributed by atoms with van der Waals surface area (Å²) in [6.07, 6.45) is -1.46. The number of fused-ring (bicyclic) bond motifs is 1. The third-order valence-corrected chi connectivity index (χ3v) is 5.94. The van der Waals surface area contributed by atoms with Gasteiger partial charge in [0.2, 0.25) is 22.7 Å². The van der Waals surface area contributed by atoms with Crippen LogP contribution in [0.3, 0.4) is 0 Å². The summed E-state index contributed by atoms with van der Waals surface area (Å²) in [6.45, 7) is 3.24. The first kappa shape index (κ1) is 25.6. The Morgan fingerprint density at radius 1 is 1.25 bits per heavy atom. The molecule has 1 heterocycles. The molecule has 32 heavy (non-hydrogen) atoms. The number of benzene rings is 1. The van der Waals surface area contributed by atoms with Gasteiger partial charge in [-0.05, 0) is 46.3 Å². The van der Waals surface area contributed by atoms with Crippen molar-refractivity contribution in [2.45, 2.75) is 39.6 Å². The largest absolute Gasteiger partial charge is 0.475 e. The van der Waals surface area contributed by atoms with E-state index in [1.54, 1.807) is 26.8 Å². The zero-order chi connectivity index (χ0) is 24.1. The zero-order valence-corrected chi connectivity index (χ0v) is 19.2. The first-order chi connectivity index (χ1) is 14.8. The van der Waals surface area contributed by atoms with Crippen molar-refractivity contribution in [2.24, 2.45) is 5.41 Å². The number of hydrogen-bond donors (Lipinski definition) is 3. The average molecular weight is 470 g/mol. The molecule has 11 nitrogen and oxygen atoms in total. The monoisotopic (exact) mass is 470 g/mol. The SMILES string of the molecule is CNS(=O)(=O)CCC(=O)N[C@@H]1Oc2cccc(C(=O)OCOC(=O)C(C)(C)C)c2CB1O. The Labute approximate surface area is 187 Å². The zero-order valence-electron chi connectivity index (χ0n) is 18.3. The number of sulfonamides is 1. The molecule has 2 rings (SSSR count). The van der Waals surface area contributed by atoms with Gasteiger partial charge in [0.1, 0.15) is 5.75 Å². The van der Waals surface area contributed by atoms with Crippen LogP contribution in [0.25, 0.3) is 0 Å². The van der Waals surface area contributed by atoms with Gasteiger partial charge in [-0.3, -0.25) is 9.59 Å². The number of carbonyl (C=O) groups is 3. The number of ether oxygens (including phenoxy) is 3. The van der Waals surface area contributed by atoms with Crippen molar-refractivity contribution in [3.8, 4) is 5.75 Å². The summed E-state index contributed by atoms with van der Waals surface area (Å²) in [5, 5.41) is 12.8. The van der Waals surface area contributed by atoms with Crippen LogP contribution in [0.2, 0.25) is 0 Å². The Morgan fingerprint density at radius 2 is 1.94 bits per heavy atom. The number of nitrogens with one attached hydrogen (secondary N) is 2. The lowest BCUT2D eigenvalue weighted by molar-refractivity contribution is -0.161. The van der Waals surface area contributed by atoms with Crippen molar-refractivity contribution >= 4 is 34.8 Å². The maximum atomic E-state index is 12.4. The van der Waals surface area contributed by atoms with Gasteiger partial charge in [-0.1, -0.05) is 6.07 Å². The van der Waals surface area contributed by atoms with E-state index < -0.39 is 58.9 Å². The third-order valence-electron chi connectivity index (χ3n) is 4.57. The van der Waals surface area contributed by atoms with Crippen LogP contribution < -0.4 is 14.8 Å². The lowest BCUT2D eigenvalue weighted by Crippen LogP contribution is -2.53. The van der Waals surface area contributed by atoms with Crippen LogP contribution in [0.5, 0.6) is 5.75 Å². The topological polar surface area (TPSA) is 157 Å². The number of hydrogen-bond acceptors (Lipinski definition) is 9. The van der Waals surface area contributed by atoms with Gasteiger partial charge in [0.15, 0.2) is 6.13 Å². The Balaban J connectivity index is 2.01. The Bertz CT molecular complexity index is 976. The van der Waals surface area contributed by atoms with E-state index in [4.69, 9.17) is 14.2 Å². The van der Waals surface area contributed by atoms with Crippen LogP contribution >= 0.6 is 0 Å². The standard InChI is InChI=1S/C19H27BN2O9S/c1-19(2,3)17(25)30-11-29-16(24)12-6-5-7-14-13(12)10-20(26)18(31-14)22-15(23)8-9-32(27,28)21-4/h5-7,18,21,26H,8-11H2,1-4H3,(H,22,23)/t18-/m1/s1. The number of rotatable bonds is 8. The van der Waals surface area contributed by atoms with E-state index in [0.717, 1.165) is 0 Å². The van der Waals surface area contributed by atoms with Gasteiger partial charge >= 0.3 is 18.9 Å². The van der Waals surface area contributed by atoms with Crippen LogP contribution in [0.1, 0.15) is 43.1 Å². The van der Waals surface area contributed by atoms with E-state index in [-0.39, 0.29) is 24.1 Å². The van der Waals surface area contributed by atoms with Crippen molar-refractivity contribution in [3.63, 3.8) is 0 Å². The number of amides is 1. The van der Waals surface area contributed by atoms with Crippen molar-refractivity contribution < 1.29 is 42.0 Å². The Hall–Kier alpha value is -2.64. The summed E-state index contributed by atoms with van der Waals surface area (Å²) in [7, 11) is -2.31. The molecule has 13 heteroatoms. The molecule has 0 radical (unpaired) electrons. The molecule has 0 aliphatic carbocycles. The summed E-state index contributed by atoms with van der Waals surface area (Å²) in [5.41, 5.74) is -0.249. The summed E-state index contributed by atoms with van der Waals surface area (Å²) >= 11 is 0. The minimum absolute atomic E-state index is 0.0256. The molecule has 0 fully saturated rings. The maximum absolute atomic E-state index is 12.4. The van der Waals surface area contributed by atoms with Gasteiger partial charge in [-0.2, -0.15) is 0 Å². The molecule has 1 aliphatic heterocycles. The van der Waals surface area contributed by atoms with Crippen molar-refractivity contribution in [3.05, 3.63) is 29.3 Å². The first-order valence-electron chi connectivity index (χ1n) is 9.85. The fourth-order valence-corrected chi connectivity index (χ4v) is 3.38. The van der Waals surface area contributed by atoms with Gasteiger partial charge < -0.3 is 24.6 Å². The minimum Gasteiger partial charge on any atom is -0.475 e. The summed E-state index contributed by atoms with van der Waals surface area (Å²) in [6, 6.07) is 4.57. The molecule has 1 amide bonds. The molecule has 1 aliphatic rings.